The highest BCUT2D eigenvalue weighted by molar-refractivity contribution is 5.25. The predicted octanol–water partition coefficient (Wildman–Crippen LogP) is 4.10. The molecule has 1 nitrogen and oxygen atoms in total. The zero-order valence-corrected chi connectivity index (χ0v) is 11.9. The Balaban J connectivity index is 1.91. The van der Waals surface area contributed by atoms with Gasteiger partial charge in [-0.05, 0) is 56.2 Å². The van der Waals surface area contributed by atoms with Crippen molar-refractivity contribution in [2.24, 2.45) is 5.92 Å². The van der Waals surface area contributed by atoms with Gasteiger partial charge in [-0.1, -0.05) is 44.0 Å². The molecule has 0 saturated heterocycles. The summed E-state index contributed by atoms with van der Waals surface area (Å²) >= 11 is 0. The molecule has 0 spiro atoms. The lowest BCUT2D eigenvalue weighted by Crippen LogP contribution is -2.35. The molecule has 0 aliphatic heterocycles. The lowest BCUT2D eigenvalue weighted by atomic mass is 9.91. The molecule has 1 saturated carbocycles. The Morgan fingerprint density at radius 3 is 2.61 bits per heavy atom. The molecular weight excluding hydrogens is 218 g/mol. The zero-order chi connectivity index (χ0) is 12.8. The van der Waals surface area contributed by atoms with Gasteiger partial charge in [-0.3, -0.25) is 0 Å². The fourth-order valence-electron chi connectivity index (χ4n) is 3.33. The topological polar surface area (TPSA) is 12.0 Å². The Morgan fingerprint density at radius 2 is 1.94 bits per heavy atom. The molecule has 1 aliphatic rings. The number of hydrogen-bond donors (Lipinski definition) is 1. The average Bonchev–Trinajstić information content (AvgIpc) is 2.90. The van der Waals surface area contributed by atoms with Gasteiger partial charge < -0.3 is 5.32 Å². The molecule has 0 amide bonds. The van der Waals surface area contributed by atoms with Gasteiger partial charge in [0.05, 0.1) is 0 Å². The minimum absolute atomic E-state index is 0.733. The molecule has 1 heteroatoms. The zero-order valence-electron chi connectivity index (χ0n) is 11.9. The number of benzene rings is 1. The van der Waals surface area contributed by atoms with Crippen LogP contribution in [0.2, 0.25) is 0 Å². The third kappa shape index (κ3) is 3.58. The predicted molar refractivity (Wildman–Crippen MR) is 78.9 cm³/mol. The summed E-state index contributed by atoms with van der Waals surface area (Å²) in [7, 11) is 0. The maximum absolute atomic E-state index is 3.71. The third-order valence-electron chi connectivity index (χ3n) is 4.42. The lowest BCUT2D eigenvalue weighted by Gasteiger charge is -2.24. The highest BCUT2D eigenvalue weighted by atomic mass is 14.9. The Kier molecular flexibility index (Phi) is 5.25. The van der Waals surface area contributed by atoms with Gasteiger partial charge in [-0.15, -0.1) is 0 Å². The molecule has 1 aromatic rings. The van der Waals surface area contributed by atoms with Crippen LogP contribution < -0.4 is 5.32 Å². The minimum atomic E-state index is 0.733. The van der Waals surface area contributed by atoms with Crippen LogP contribution >= 0.6 is 0 Å². The van der Waals surface area contributed by atoms with Crippen LogP contribution in [0.1, 0.15) is 50.2 Å². The van der Waals surface area contributed by atoms with Crippen LogP contribution in [0.25, 0.3) is 0 Å². The van der Waals surface area contributed by atoms with Crippen LogP contribution in [0.3, 0.4) is 0 Å². The molecule has 0 radical (unpaired) electrons. The Labute approximate surface area is 112 Å². The highest BCUT2D eigenvalue weighted by Gasteiger charge is 2.23. The summed E-state index contributed by atoms with van der Waals surface area (Å²) in [6.07, 6.45) is 8.27. The molecule has 18 heavy (non-hydrogen) atoms. The molecule has 0 aromatic heterocycles. The molecule has 1 aromatic carbocycles. The smallest absolute Gasteiger partial charge is 0.00983 e. The molecular formula is C17H27N. The van der Waals surface area contributed by atoms with Crippen molar-refractivity contribution in [3.8, 4) is 0 Å². The molecule has 100 valence electrons. The van der Waals surface area contributed by atoms with E-state index in [-0.39, 0.29) is 0 Å². The summed E-state index contributed by atoms with van der Waals surface area (Å²) in [5, 5.41) is 3.71. The van der Waals surface area contributed by atoms with Crippen LogP contribution in [0.5, 0.6) is 0 Å². The Morgan fingerprint density at radius 1 is 1.22 bits per heavy atom. The summed E-state index contributed by atoms with van der Waals surface area (Å²) < 4.78 is 0. The first-order valence-corrected chi connectivity index (χ1v) is 7.59. The molecule has 0 heterocycles. The number of rotatable bonds is 6. The fourth-order valence-corrected chi connectivity index (χ4v) is 3.33. The molecule has 1 fully saturated rings. The van der Waals surface area contributed by atoms with Crippen LogP contribution in [0, 0.1) is 12.8 Å². The standard InChI is InChI=1S/C17H27N/c1-3-18-17(16-10-6-7-11-16)13-12-15-9-5-4-8-14(15)2/h4-5,8-9,16-18H,3,6-7,10-13H2,1-2H3. The van der Waals surface area contributed by atoms with E-state index in [1.54, 1.807) is 0 Å². The summed E-state index contributed by atoms with van der Waals surface area (Å²) in [5.74, 6) is 0.925. The number of aryl methyl sites for hydroxylation is 2. The molecule has 1 unspecified atom stereocenters. The van der Waals surface area contributed by atoms with Gasteiger partial charge >= 0.3 is 0 Å². The number of nitrogens with one attached hydrogen (secondary N) is 1. The minimum Gasteiger partial charge on any atom is -0.314 e. The largest absolute Gasteiger partial charge is 0.314 e. The van der Waals surface area contributed by atoms with Crippen molar-refractivity contribution in [2.45, 2.75) is 58.4 Å². The Hall–Kier alpha value is -0.820. The van der Waals surface area contributed by atoms with Gasteiger partial charge in [0.1, 0.15) is 0 Å². The SMILES string of the molecule is CCNC(CCc1ccccc1C)C1CCCC1. The van der Waals surface area contributed by atoms with E-state index in [4.69, 9.17) is 0 Å². The monoisotopic (exact) mass is 245 g/mol. The molecule has 1 aliphatic carbocycles. The van der Waals surface area contributed by atoms with Crippen molar-refractivity contribution in [3.05, 3.63) is 35.4 Å². The van der Waals surface area contributed by atoms with Crippen molar-refractivity contribution in [3.63, 3.8) is 0 Å². The van der Waals surface area contributed by atoms with Crippen molar-refractivity contribution >= 4 is 0 Å². The summed E-state index contributed by atoms with van der Waals surface area (Å²) in [5.41, 5.74) is 2.97. The van der Waals surface area contributed by atoms with Gasteiger partial charge in [-0.2, -0.15) is 0 Å². The van der Waals surface area contributed by atoms with Gasteiger partial charge in [0.25, 0.3) is 0 Å². The quantitative estimate of drug-likeness (QED) is 0.796. The van der Waals surface area contributed by atoms with Crippen LogP contribution in [0.15, 0.2) is 24.3 Å². The van der Waals surface area contributed by atoms with E-state index < -0.39 is 0 Å². The van der Waals surface area contributed by atoms with E-state index in [0.29, 0.717) is 0 Å². The van der Waals surface area contributed by atoms with E-state index >= 15 is 0 Å². The van der Waals surface area contributed by atoms with Gasteiger partial charge in [-0.25, -0.2) is 0 Å². The first-order valence-electron chi connectivity index (χ1n) is 7.59. The van der Waals surface area contributed by atoms with E-state index in [1.165, 1.54) is 49.7 Å². The van der Waals surface area contributed by atoms with Crippen molar-refractivity contribution < 1.29 is 0 Å². The first kappa shape index (κ1) is 13.6. The second kappa shape index (κ2) is 6.94. The van der Waals surface area contributed by atoms with Crippen molar-refractivity contribution in [2.75, 3.05) is 6.54 Å². The first-order chi connectivity index (χ1) is 8.81. The van der Waals surface area contributed by atoms with Crippen molar-refractivity contribution in [1.82, 2.24) is 5.32 Å². The molecule has 0 bridgehead atoms. The maximum Gasteiger partial charge on any atom is 0.00983 e. The average molecular weight is 245 g/mol. The van der Waals surface area contributed by atoms with Crippen LogP contribution in [0.4, 0.5) is 0 Å². The van der Waals surface area contributed by atoms with Crippen molar-refractivity contribution in [1.29, 1.82) is 0 Å². The fraction of sp³-hybridized carbons (Fsp3) is 0.647. The van der Waals surface area contributed by atoms with Crippen LogP contribution in [-0.2, 0) is 6.42 Å². The normalized spacial score (nSPS) is 18.1. The maximum atomic E-state index is 3.71. The summed E-state index contributed by atoms with van der Waals surface area (Å²) in [6.45, 7) is 5.57. The second-order valence-corrected chi connectivity index (χ2v) is 5.67. The van der Waals surface area contributed by atoms with Gasteiger partial charge in [0.15, 0.2) is 0 Å². The van der Waals surface area contributed by atoms with E-state index in [2.05, 4.69) is 43.4 Å². The Bertz CT molecular complexity index is 352. The lowest BCUT2D eigenvalue weighted by molar-refractivity contribution is 0.346. The highest BCUT2D eigenvalue weighted by Crippen LogP contribution is 2.29. The molecule has 1 atom stereocenters. The van der Waals surface area contributed by atoms with Gasteiger partial charge in [0, 0.05) is 6.04 Å². The van der Waals surface area contributed by atoms with E-state index in [1.807, 2.05) is 0 Å². The molecule has 1 N–H and O–H groups in total. The van der Waals surface area contributed by atoms with Gasteiger partial charge in [0.2, 0.25) is 0 Å². The molecule has 2 rings (SSSR count). The summed E-state index contributed by atoms with van der Waals surface area (Å²) in [6, 6.07) is 9.55. The number of hydrogen-bond acceptors (Lipinski definition) is 1. The van der Waals surface area contributed by atoms with E-state index in [0.717, 1.165) is 18.5 Å². The van der Waals surface area contributed by atoms with Crippen LogP contribution in [-0.4, -0.2) is 12.6 Å². The second-order valence-electron chi connectivity index (χ2n) is 5.67. The summed E-state index contributed by atoms with van der Waals surface area (Å²) in [4.78, 5) is 0. The van der Waals surface area contributed by atoms with E-state index in [9.17, 15) is 0 Å². The third-order valence-corrected chi connectivity index (χ3v) is 4.42.